The Kier molecular flexibility index (Phi) is 3.81. The molecule has 1 heteroatoms. The van der Waals surface area contributed by atoms with E-state index in [1.54, 1.807) is 0 Å². The van der Waals surface area contributed by atoms with Gasteiger partial charge in [-0.25, -0.2) is 0 Å². The van der Waals surface area contributed by atoms with Crippen LogP contribution in [-0.2, 0) is 10.2 Å². The minimum Gasteiger partial charge on any atom is -0.298 e. The number of hydrogen-bond donors (Lipinski definition) is 0. The lowest BCUT2D eigenvalue weighted by atomic mass is 9.69. The predicted octanol–water partition coefficient (Wildman–Crippen LogP) is 5.09. The quantitative estimate of drug-likeness (QED) is 0.719. The molecule has 3 rings (SSSR count). The molecule has 0 aliphatic heterocycles. The zero-order chi connectivity index (χ0) is 15.6. The summed E-state index contributed by atoms with van der Waals surface area (Å²) in [6.45, 7) is 4.27. The Morgan fingerprint density at radius 3 is 2.18 bits per heavy atom. The van der Waals surface area contributed by atoms with Crippen LogP contribution in [0.5, 0.6) is 0 Å². The van der Waals surface area contributed by atoms with Crippen LogP contribution in [0, 0.1) is 0 Å². The molecule has 0 spiro atoms. The second-order valence-corrected chi connectivity index (χ2v) is 6.21. The molecule has 1 aliphatic carbocycles. The highest BCUT2D eigenvalue weighted by molar-refractivity contribution is 5.79. The van der Waals surface area contributed by atoms with Gasteiger partial charge in [0.15, 0.2) is 0 Å². The lowest BCUT2D eigenvalue weighted by molar-refractivity contribution is -0.105. The summed E-state index contributed by atoms with van der Waals surface area (Å²) in [7, 11) is 0. The molecule has 0 aromatic heterocycles. The fourth-order valence-electron chi connectivity index (χ4n) is 3.23. The molecule has 0 bridgehead atoms. The molecule has 22 heavy (non-hydrogen) atoms. The monoisotopic (exact) mass is 288 g/mol. The van der Waals surface area contributed by atoms with Crippen molar-refractivity contribution in [1.29, 1.82) is 0 Å². The van der Waals surface area contributed by atoms with Gasteiger partial charge in [0.25, 0.3) is 0 Å². The maximum absolute atomic E-state index is 11.4. The van der Waals surface area contributed by atoms with Crippen molar-refractivity contribution in [3.63, 3.8) is 0 Å². The molecule has 0 radical (unpaired) electrons. The van der Waals surface area contributed by atoms with Gasteiger partial charge in [-0.05, 0) is 30.0 Å². The van der Waals surface area contributed by atoms with Gasteiger partial charge in [-0.1, -0.05) is 79.2 Å². The van der Waals surface area contributed by atoms with E-state index in [0.29, 0.717) is 0 Å². The maximum atomic E-state index is 11.4. The highest BCUT2D eigenvalue weighted by Crippen LogP contribution is 2.40. The van der Waals surface area contributed by atoms with Crippen LogP contribution in [0.3, 0.4) is 0 Å². The topological polar surface area (TPSA) is 17.1 Å². The van der Waals surface area contributed by atoms with Crippen molar-refractivity contribution in [3.8, 4) is 11.1 Å². The first kappa shape index (κ1) is 14.5. The summed E-state index contributed by atoms with van der Waals surface area (Å²) in [5, 5.41) is 0. The van der Waals surface area contributed by atoms with E-state index >= 15 is 0 Å². The summed E-state index contributed by atoms with van der Waals surface area (Å²) in [6.07, 6.45) is 5.89. The van der Waals surface area contributed by atoms with Crippen LogP contribution in [0.2, 0.25) is 0 Å². The molecule has 1 atom stereocenters. The Morgan fingerprint density at radius 2 is 1.55 bits per heavy atom. The molecular weight excluding hydrogens is 268 g/mol. The van der Waals surface area contributed by atoms with E-state index in [9.17, 15) is 4.79 Å². The Morgan fingerprint density at radius 1 is 0.909 bits per heavy atom. The Balaban J connectivity index is 1.98. The molecule has 0 amide bonds. The molecule has 0 N–H and O–H groups in total. The van der Waals surface area contributed by atoms with Gasteiger partial charge in [-0.2, -0.15) is 0 Å². The van der Waals surface area contributed by atoms with Gasteiger partial charge in [0.05, 0.1) is 0 Å². The van der Waals surface area contributed by atoms with Crippen molar-refractivity contribution in [3.05, 3.63) is 83.5 Å². The molecule has 0 saturated carbocycles. The predicted molar refractivity (Wildman–Crippen MR) is 91.8 cm³/mol. The van der Waals surface area contributed by atoms with Crippen LogP contribution in [0.15, 0.2) is 77.9 Å². The SMILES string of the molecule is CC1=CC=C(C=O)C(C)(c2ccc(-c3ccccc3)cc2)C1. The molecule has 1 unspecified atom stereocenters. The number of hydrogen-bond acceptors (Lipinski definition) is 1. The summed E-state index contributed by atoms with van der Waals surface area (Å²) in [6, 6.07) is 18.9. The third kappa shape index (κ3) is 2.55. The van der Waals surface area contributed by atoms with Crippen molar-refractivity contribution >= 4 is 6.29 Å². The minimum absolute atomic E-state index is 0.226. The first-order valence-corrected chi connectivity index (χ1v) is 7.62. The molecule has 1 nitrogen and oxygen atoms in total. The fourth-order valence-corrected chi connectivity index (χ4v) is 3.23. The van der Waals surface area contributed by atoms with Crippen molar-refractivity contribution in [2.24, 2.45) is 0 Å². The molecule has 110 valence electrons. The van der Waals surface area contributed by atoms with Crippen LogP contribution < -0.4 is 0 Å². The number of allylic oxidation sites excluding steroid dienone is 4. The summed E-state index contributed by atoms with van der Waals surface area (Å²) < 4.78 is 0. The molecule has 1 aliphatic rings. The fraction of sp³-hybridized carbons (Fsp3) is 0.190. The van der Waals surface area contributed by atoms with E-state index in [1.165, 1.54) is 22.3 Å². The lowest BCUT2D eigenvalue weighted by Gasteiger charge is -2.33. The first-order valence-electron chi connectivity index (χ1n) is 7.62. The van der Waals surface area contributed by atoms with Gasteiger partial charge in [-0.3, -0.25) is 4.79 Å². The highest BCUT2D eigenvalue weighted by atomic mass is 16.1. The summed E-state index contributed by atoms with van der Waals surface area (Å²) in [5.41, 5.74) is 5.54. The molecule has 0 heterocycles. The third-order valence-electron chi connectivity index (χ3n) is 4.57. The van der Waals surface area contributed by atoms with Gasteiger partial charge >= 0.3 is 0 Å². The van der Waals surface area contributed by atoms with Crippen molar-refractivity contribution in [2.75, 3.05) is 0 Å². The standard InChI is InChI=1S/C21H20O/c1-16-8-11-20(15-22)21(2,14-16)19-12-9-18(10-13-19)17-6-4-3-5-7-17/h3-13,15H,14H2,1-2H3. The maximum Gasteiger partial charge on any atom is 0.146 e. The average molecular weight is 288 g/mol. The molecule has 2 aromatic rings. The van der Waals surface area contributed by atoms with Crippen molar-refractivity contribution in [2.45, 2.75) is 25.7 Å². The smallest absolute Gasteiger partial charge is 0.146 e. The molecule has 2 aromatic carbocycles. The van der Waals surface area contributed by atoms with Crippen LogP contribution in [-0.4, -0.2) is 6.29 Å². The normalized spacial score (nSPS) is 21.0. The number of rotatable bonds is 3. The van der Waals surface area contributed by atoms with E-state index < -0.39 is 0 Å². The first-order chi connectivity index (χ1) is 10.6. The Bertz CT molecular complexity index is 735. The molecule has 0 saturated heterocycles. The van der Waals surface area contributed by atoms with Gasteiger partial charge in [0.1, 0.15) is 6.29 Å². The second kappa shape index (κ2) is 5.76. The lowest BCUT2D eigenvalue weighted by Crippen LogP contribution is -2.27. The number of carbonyl (C=O) groups is 1. The summed E-state index contributed by atoms with van der Waals surface area (Å²) >= 11 is 0. The van der Waals surface area contributed by atoms with Crippen LogP contribution in [0.4, 0.5) is 0 Å². The zero-order valence-electron chi connectivity index (χ0n) is 13.0. The zero-order valence-corrected chi connectivity index (χ0v) is 13.0. The van der Waals surface area contributed by atoms with Crippen LogP contribution >= 0.6 is 0 Å². The van der Waals surface area contributed by atoms with Crippen molar-refractivity contribution < 1.29 is 4.79 Å². The minimum atomic E-state index is -0.226. The number of carbonyl (C=O) groups excluding carboxylic acids is 1. The summed E-state index contributed by atoms with van der Waals surface area (Å²) in [4.78, 5) is 11.4. The van der Waals surface area contributed by atoms with Crippen molar-refractivity contribution in [1.82, 2.24) is 0 Å². The highest BCUT2D eigenvalue weighted by Gasteiger charge is 2.32. The van der Waals surface area contributed by atoms with Crippen LogP contribution in [0.1, 0.15) is 25.8 Å². The Labute approximate surface area is 132 Å². The largest absolute Gasteiger partial charge is 0.298 e. The Hall–Kier alpha value is -2.41. The number of benzene rings is 2. The van der Waals surface area contributed by atoms with E-state index in [4.69, 9.17) is 0 Å². The molecular formula is C21H20O. The van der Waals surface area contributed by atoms with E-state index in [0.717, 1.165) is 18.3 Å². The number of aldehydes is 1. The van der Waals surface area contributed by atoms with E-state index in [-0.39, 0.29) is 5.41 Å². The molecule has 0 fully saturated rings. The second-order valence-electron chi connectivity index (χ2n) is 6.21. The third-order valence-corrected chi connectivity index (χ3v) is 4.57. The summed E-state index contributed by atoms with van der Waals surface area (Å²) in [5.74, 6) is 0. The van der Waals surface area contributed by atoms with Gasteiger partial charge in [-0.15, -0.1) is 0 Å². The average Bonchev–Trinajstić information content (AvgIpc) is 2.56. The van der Waals surface area contributed by atoms with Gasteiger partial charge in [0.2, 0.25) is 0 Å². The van der Waals surface area contributed by atoms with E-state index in [1.807, 2.05) is 30.4 Å². The van der Waals surface area contributed by atoms with E-state index in [2.05, 4.69) is 50.2 Å². The van der Waals surface area contributed by atoms with Crippen LogP contribution in [0.25, 0.3) is 11.1 Å². The van der Waals surface area contributed by atoms with Gasteiger partial charge < -0.3 is 0 Å². The van der Waals surface area contributed by atoms with Gasteiger partial charge in [0, 0.05) is 11.0 Å².